The van der Waals surface area contributed by atoms with E-state index < -0.39 is 0 Å². The number of rotatable bonds is 2. The smallest absolute Gasteiger partial charge is 0.255 e. The fourth-order valence-electron chi connectivity index (χ4n) is 2.33. The van der Waals surface area contributed by atoms with Gasteiger partial charge in [0.15, 0.2) is 0 Å². The molecule has 0 saturated carbocycles. The lowest BCUT2D eigenvalue weighted by molar-refractivity contribution is 0.760. The van der Waals surface area contributed by atoms with Crippen LogP contribution in [0, 0.1) is 20.8 Å². The maximum atomic E-state index is 12.3. The molecule has 1 atom stereocenters. The molecule has 1 unspecified atom stereocenters. The molecule has 3 heteroatoms. The van der Waals surface area contributed by atoms with Crippen LogP contribution in [0.25, 0.3) is 0 Å². The molecule has 0 bridgehead atoms. The van der Waals surface area contributed by atoms with Crippen molar-refractivity contribution in [3.05, 3.63) is 68.6 Å². The lowest BCUT2D eigenvalue weighted by Crippen LogP contribution is -2.28. The van der Waals surface area contributed by atoms with E-state index in [9.17, 15) is 4.79 Å². The number of aromatic nitrogens is 1. The second kappa shape index (κ2) is 5.02. The van der Waals surface area contributed by atoms with Gasteiger partial charge in [-0.2, -0.15) is 0 Å². The van der Waals surface area contributed by atoms with Gasteiger partial charge in [0.2, 0.25) is 0 Å². The summed E-state index contributed by atoms with van der Waals surface area (Å²) >= 11 is 0. The van der Waals surface area contributed by atoms with Crippen LogP contribution in [-0.4, -0.2) is 4.57 Å². The number of benzene rings is 1. The van der Waals surface area contributed by atoms with Crippen molar-refractivity contribution >= 4 is 0 Å². The van der Waals surface area contributed by atoms with Crippen LogP contribution in [0.3, 0.4) is 0 Å². The maximum Gasteiger partial charge on any atom is 0.255 e. The molecule has 0 fully saturated rings. The highest BCUT2D eigenvalue weighted by atomic mass is 16.1. The molecule has 19 heavy (non-hydrogen) atoms. The van der Waals surface area contributed by atoms with E-state index in [2.05, 4.69) is 6.07 Å². The molecule has 1 heterocycles. The van der Waals surface area contributed by atoms with Crippen molar-refractivity contribution in [1.82, 2.24) is 4.57 Å². The quantitative estimate of drug-likeness (QED) is 0.896. The van der Waals surface area contributed by atoms with Crippen molar-refractivity contribution in [2.75, 3.05) is 0 Å². The highest BCUT2D eigenvalue weighted by Crippen LogP contribution is 2.21. The molecule has 2 rings (SSSR count). The molecule has 2 N–H and O–H groups in total. The summed E-state index contributed by atoms with van der Waals surface area (Å²) in [6, 6.07) is 9.52. The van der Waals surface area contributed by atoms with Gasteiger partial charge in [0, 0.05) is 18.3 Å². The predicted molar refractivity (Wildman–Crippen MR) is 78.4 cm³/mol. The molecule has 2 aromatic rings. The molecule has 0 amide bonds. The molecule has 3 nitrogen and oxygen atoms in total. The molecule has 0 radical (unpaired) electrons. The summed E-state index contributed by atoms with van der Waals surface area (Å²) in [6.07, 6.45) is 0. The van der Waals surface area contributed by atoms with Crippen LogP contribution < -0.4 is 11.3 Å². The molecule has 1 aromatic carbocycles. The van der Waals surface area contributed by atoms with Crippen molar-refractivity contribution < 1.29 is 0 Å². The second-order valence-corrected chi connectivity index (χ2v) is 5.13. The number of hydrogen-bond acceptors (Lipinski definition) is 2. The molecule has 0 aliphatic rings. The summed E-state index contributed by atoms with van der Waals surface area (Å²) in [4.78, 5) is 12.3. The summed E-state index contributed by atoms with van der Waals surface area (Å²) in [5.74, 6) is 0. The molecular weight excluding hydrogens is 236 g/mol. The van der Waals surface area contributed by atoms with Gasteiger partial charge in [-0.25, -0.2) is 0 Å². The Labute approximate surface area is 113 Å². The van der Waals surface area contributed by atoms with Gasteiger partial charge in [-0.1, -0.05) is 23.8 Å². The summed E-state index contributed by atoms with van der Waals surface area (Å²) in [5.41, 5.74) is 11.1. The minimum Gasteiger partial charge on any atom is -0.320 e. The zero-order valence-electron chi connectivity index (χ0n) is 11.9. The molecule has 1 aromatic heterocycles. The van der Waals surface area contributed by atoms with Crippen molar-refractivity contribution in [3.8, 4) is 0 Å². The van der Waals surface area contributed by atoms with E-state index in [1.807, 2.05) is 45.0 Å². The monoisotopic (exact) mass is 256 g/mol. The first-order chi connectivity index (χ1) is 8.91. The van der Waals surface area contributed by atoms with Gasteiger partial charge in [-0.3, -0.25) is 4.79 Å². The summed E-state index contributed by atoms with van der Waals surface area (Å²) in [6.45, 7) is 5.99. The normalized spacial score (nSPS) is 12.5. The summed E-state index contributed by atoms with van der Waals surface area (Å²) < 4.78 is 1.64. The van der Waals surface area contributed by atoms with E-state index in [1.54, 1.807) is 11.6 Å². The molecule has 0 aliphatic carbocycles. The van der Waals surface area contributed by atoms with Crippen LogP contribution in [0.4, 0.5) is 0 Å². The van der Waals surface area contributed by atoms with E-state index in [4.69, 9.17) is 5.73 Å². The van der Waals surface area contributed by atoms with Crippen molar-refractivity contribution in [2.24, 2.45) is 12.8 Å². The third-order valence-corrected chi connectivity index (χ3v) is 3.68. The molecular formula is C16H20N2O. The first kappa shape index (κ1) is 13.6. The van der Waals surface area contributed by atoms with Gasteiger partial charge < -0.3 is 10.3 Å². The van der Waals surface area contributed by atoms with Gasteiger partial charge in [0.25, 0.3) is 5.56 Å². The van der Waals surface area contributed by atoms with Gasteiger partial charge in [0.1, 0.15) is 0 Å². The Kier molecular flexibility index (Phi) is 3.58. The van der Waals surface area contributed by atoms with Crippen LogP contribution in [-0.2, 0) is 7.05 Å². The predicted octanol–water partition coefficient (Wildman–Crippen LogP) is 2.36. The lowest BCUT2D eigenvalue weighted by atomic mass is 9.95. The van der Waals surface area contributed by atoms with E-state index in [0.717, 1.165) is 16.8 Å². The molecule has 0 saturated heterocycles. The van der Waals surface area contributed by atoms with Crippen LogP contribution in [0.1, 0.15) is 34.0 Å². The third-order valence-electron chi connectivity index (χ3n) is 3.68. The van der Waals surface area contributed by atoms with Crippen LogP contribution in [0.5, 0.6) is 0 Å². The first-order valence-electron chi connectivity index (χ1n) is 6.41. The zero-order valence-corrected chi connectivity index (χ0v) is 11.9. The van der Waals surface area contributed by atoms with Gasteiger partial charge in [0.05, 0.1) is 6.04 Å². The molecule has 0 spiro atoms. The number of nitrogens with two attached hydrogens (primary N) is 1. The fourth-order valence-corrected chi connectivity index (χ4v) is 2.33. The first-order valence-corrected chi connectivity index (χ1v) is 6.41. The highest BCUT2D eigenvalue weighted by molar-refractivity contribution is 5.38. The maximum absolute atomic E-state index is 12.3. The highest BCUT2D eigenvalue weighted by Gasteiger charge is 2.15. The minimum atomic E-state index is -0.375. The standard InChI is InChI=1S/C16H20N2O/c1-10-5-7-13(11(2)9-10)15(17)14-8-6-12(3)18(4)16(14)19/h5-9,15H,17H2,1-4H3. The SMILES string of the molecule is Cc1ccc(C(N)c2ccc(C)n(C)c2=O)c(C)c1. The Bertz CT molecular complexity index is 671. The average Bonchev–Trinajstić information content (AvgIpc) is 2.35. The van der Waals surface area contributed by atoms with E-state index >= 15 is 0 Å². The van der Waals surface area contributed by atoms with Crippen LogP contribution in [0.15, 0.2) is 35.1 Å². The number of aryl methyl sites for hydroxylation is 3. The second-order valence-electron chi connectivity index (χ2n) is 5.13. The van der Waals surface area contributed by atoms with Crippen molar-refractivity contribution in [1.29, 1.82) is 0 Å². The third kappa shape index (κ3) is 2.47. The number of pyridine rings is 1. The van der Waals surface area contributed by atoms with Crippen LogP contribution in [0.2, 0.25) is 0 Å². The van der Waals surface area contributed by atoms with Gasteiger partial charge in [-0.05, 0) is 44.0 Å². The number of nitrogens with zero attached hydrogens (tertiary/aromatic N) is 1. The van der Waals surface area contributed by atoms with Crippen LogP contribution >= 0.6 is 0 Å². The number of hydrogen-bond donors (Lipinski definition) is 1. The Morgan fingerprint density at radius 3 is 2.32 bits per heavy atom. The van der Waals surface area contributed by atoms with E-state index in [0.29, 0.717) is 5.56 Å². The Morgan fingerprint density at radius 2 is 1.68 bits per heavy atom. The average molecular weight is 256 g/mol. The van der Waals surface area contributed by atoms with E-state index in [1.165, 1.54) is 5.56 Å². The molecule has 100 valence electrons. The lowest BCUT2D eigenvalue weighted by Gasteiger charge is -2.16. The molecule has 0 aliphatic heterocycles. The Hall–Kier alpha value is -1.87. The van der Waals surface area contributed by atoms with Crippen molar-refractivity contribution in [3.63, 3.8) is 0 Å². The minimum absolute atomic E-state index is 0.0209. The van der Waals surface area contributed by atoms with Gasteiger partial charge >= 0.3 is 0 Å². The summed E-state index contributed by atoms with van der Waals surface area (Å²) in [7, 11) is 1.77. The zero-order chi connectivity index (χ0) is 14.2. The Morgan fingerprint density at radius 1 is 1.05 bits per heavy atom. The topological polar surface area (TPSA) is 48.0 Å². The van der Waals surface area contributed by atoms with Gasteiger partial charge in [-0.15, -0.1) is 0 Å². The largest absolute Gasteiger partial charge is 0.320 e. The summed E-state index contributed by atoms with van der Waals surface area (Å²) in [5, 5.41) is 0. The Balaban J connectivity index is 2.53. The van der Waals surface area contributed by atoms with Crippen molar-refractivity contribution in [2.45, 2.75) is 26.8 Å². The van der Waals surface area contributed by atoms with E-state index in [-0.39, 0.29) is 11.6 Å². The fraction of sp³-hybridized carbons (Fsp3) is 0.312.